The molecule has 5 heteroatoms. The highest BCUT2D eigenvalue weighted by Crippen LogP contribution is 2.24. The average Bonchev–Trinajstić information content (AvgIpc) is 2.85. The lowest BCUT2D eigenvalue weighted by molar-refractivity contribution is -0.121. The van der Waals surface area contributed by atoms with Gasteiger partial charge in [-0.1, -0.05) is 18.7 Å². The predicted octanol–water partition coefficient (Wildman–Crippen LogP) is 1.85. The zero-order valence-electron chi connectivity index (χ0n) is 10.3. The van der Waals surface area contributed by atoms with E-state index in [0.29, 0.717) is 19.0 Å². The number of carbonyl (C=O) groups is 2. The molecule has 2 rings (SSSR count). The number of thioether (sulfide) groups is 1. The lowest BCUT2D eigenvalue weighted by atomic mass is 10.1. The van der Waals surface area contributed by atoms with Crippen LogP contribution in [0.15, 0.2) is 0 Å². The molecule has 17 heavy (non-hydrogen) atoms. The number of carbonyl (C=O) groups excluding carboxylic acids is 2. The Bertz CT molecular complexity index is 309. The molecule has 2 aliphatic rings. The van der Waals surface area contributed by atoms with Crippen LogP contribution < -0.4 is 5.32 Å². The standard InChI is InChI=1S/C12H20N2O2S/c1-9-2-3-10(8-9)13-11(15)4-5-14-6-7-17-12(14)16/h9-10H,2-8H2,1H3,(H,13,15). The molecule has 2 atom stereocenters. The average molecular weight is 256 g/mol. The minimum Gasteiger partial charge on any atom is -0.353 e. The summed E-state index contributed by atoms with van der Waals surface area (Å²) in [5.74, 6) is 1.69. The second kappa shape index (κ2) is 5.76. The zero-order valence-corrected chi connectivity index (χ0v) is 11.1. The molecule has 4 nitrogen and oxygen atoms in total. The molecule has 2 amide bonds. The first-order valence-electron chi connectivity index (χ1n) is 6.36. The molecule has 0 aromatic heterocycles. The summed E-state index contributed by atoms with van der Waals surface area (Å²) >= 11 is 1.35. The van der Waals surface area contributed by atoms with Gasteiger partial charge in [0.05, 0.1) is 0 Å². The van der Waals surface area contributed by atoms with E-state index in [9.17, 15) is 9.59 Å². The van der Waals surface area contributed by atoms with E-state index < -0.39 is 0 Å². The molecule has 1 saturated heterocycles. The Morgan fingerprint density at radius 3 is 2.94 bits per heavy atom. The fraction of sp³-hybridized carbons (Fsp3) is 0.833. The van der Waals surface area contributed by atoms with Gasteiger partial charge in [-0.2, -0.15) is 0 Å². The second-order valence-corrected chi connectivity index (χ2v) is 6.08. The Balaban J connectivity index is 1.65. The third-order valence-corrected chi connectivity index (χ3v) is 4.41. The van der Waals surface area contributed by atoms with Gasteiger partial charge in [-0.05, 0) is 25.2 Å². The van der Waals surface area contributed by atoms with Crippen LogP contribution >= 0.6 is 11.8 Å². The maximum atomic E-state index is 11.7. The van der Waals surface area contributed by atoms with Gasteiger partial charge in [-0.3, -0.25) is 9.59 Å². The molecule has 0 aromatic carbocycles. The van der Waals surface area contributed by atoms with E-state index in [4.69, 9.17) is 0 Å². The van der Waals surface area contributed by atoms with Gasteiger partial charge in [0.15, 0.2) is 0 Å². The fourth-order valence-electron chi connectivity index (χ4n) is 2.50. The van der Waals surface area contributed by atoms with E-state index in [2.05, 4.69) is 12.2 Å². The Morgan fingerprint density at radius 1 is 1.53 bits per heavy atom. The van der Waals surface area contributed by atoms with Crippen molar-refractivity contribution in [2.75, 3.05) is 18.8 Å². The smallest absolute Gasteiger partial charge is 0.281 e. The molecule has 0 spiro atoms. The number of hydrogen-bond acceptors (Lipinski definition) is 3. The predicted molar refractivity (Wildman–Crippen MR) is 69.0 cm³/mol. The molecule has 0 bridgehead atoms. The maximum absolute atomic E-state index is 11.7. The van der Waals surface area contributed by atoms with Crippen molar-refractivity contribution < 1.29 is 9.59 Å². The van der Waals surface area contributed by atoms with Crippen molar-refractivity contribution in [3.63, 3.8) is 0 Å². The van der Waals surface area contributed by atoms with Crippen molar-refractivity contribution in [2.45, 2.75) is 38.6 Å². The van der Waals surface area contributed by atoms with Crippen LogP contribution in [-0.4, -0.2) is 40.9 Å². The van der Waals surface area contributed by atoms with Crippen LogP contribution in [0.25, 0.3) is 0 Å². The molecular weight excluding hydrogens is 236 g/mol. The number of nitrogens with one attached hydrogen (secondary N) is 1. The highest BCUT2D eigenvalue weighted by molar-refractivity contribution is 8.13. The van der Waals surface area contributed by atoms with E-state index in [1.54, 1.807) is 4.90 Å². The summed E-state index contributed by atoms with van der Waals surface area (Å²) in [5.41, 5.74) is 0. The Kier molecular flexibility index (Phi) is 4.31. The van der Waals surface area contributed by atoms with Crippen LogP contribution in [0.4, 0.5) is 4.79 Å². The Morgan fingerprint density at radius 2 is 2.35 bits per heavy atom. The summed E-state index contributed by atoms with van der Waals surface area (Å²) in [7, 11) is 0. The normalized spacial score (nSPS) is 28.8. The van der Waals surface area contributed by atoms with Gasteiger partial charge < -0.3 is 10.2 Å². The first-order valence-corrected chi connectivity index (χ1v) is 7.35. The maximum Gasteiger partial charge on any atom is 0.281 e. The number of rotatable bonds is 4. The molecule has 1 aliphatic heterocycles. The number of hydrogen-bond donors (Lipinski definition) is 1. The van der Waals surface area contributed by atoms with Crippen LogP contribution in [0.1, 0.15) is 32.6 Å². The van der Waals surface area contributed by atoms with Gasteiger partial charge in [0, 0.05) is 31.3 Å². The van der Waals surface area contributed by atoms with Gasteiger partial charge in [0.25, 0.3) is 5.24 Å². The Hall–Kier alpha value is -0.710. The zero-order chi connectivity index (χ0) is 12.3. The third-order valence-electron chi connectivity index (χ3n) is 3.51. The van der Waals surface area contributed by atoms with Crippen molar-refractivity contribution in [3.8, 4) is 0 Å². The fourth-order valence-corrected chi connectivity index (χ4v) is 3.35. The first-order chi connectivity index (χ1) is 8.15. The molecule has 1 heterocycles. The second-order valence-electron chi connectivity index (χ2n) is 5.03. The van der Waals surface area contributed by atoms with E-state index in [-0.39, 0.29) is 11.1 Å². The molecule has 2 fully saturated rings. The quantitative estimate of drug-likeness (QED) is 0.835. The third kappa shape index (κ3) is 3.63. The van der Waals surface area contributed by atoms with Crippen LogP contribution in [-0.2, 0) is 4.79 Å². The van der Waals surface area contributed by atoms with Crippen molar-refractivity contribution in [3.05, 3.63) is 0 Å². The van der Waals surface area contributed by atoms with Crippen molar-refractivity contribution >= 4 is 22.9 Å². The molecule has 0 aromatic rings. The highest BCUT2D eigenvalue weighted by Gasteiger charge is 2.24. The molecule has 1 N–H and O–H groups in total. The lowest BCUT2D eigenvalue weighted by Crippen LogP contribution is -2.36. The molecular formula is C12H20N2O2S. The summed E-state index contributed by atoms with van der Waals surface area (Å²) in [5, 5.41) is 3.18. The molecule has 1 saturated carbocycles. The SMILES string of the molecule is CC1CCC(NC(=O)CCN2CCSC2=O)C1. The molecule has 96 valence electrons. The summed E-state index contributed by atoms with van der Waals surface area (Å²) in [6, 6.07) is 0.362. The van der Waals surface area contributed by atoms with Crippen LogP contribution in [0.3, 0.4) is 0 Å². The van der Waals surface area contributed by atoms with E-state index >= 15 is 0 Å². The van der Waals surface area contributed by atoms with Crippen LogP contribution in [0.2, 0.25) is 0 Å². The summed E-state index contributed by atoms with van der Waals surface area (Å²) in [6.07, 6.45) is 3.86. The van der Waals surface area contributed by atoms with Gasteiger partial charge in [-0.15, -0.1) is 0 Å². The molecule has 1 aliphatic carbocycles. The van der Waals surface area contributed by atoms with E-state index in [1.807, 2.05) is 0 Å². The number of amides is 2. The van der Waals surface area contributed by atoms with Gasteiger partial charge >= 0.3 is 0 Å². The van der Waals surface area contributed by atoms with E-state index in [0.717, 1.165) is 31.1 Å². The van der Waals surface area contributed by atoms with Crippen LogP contribution in [0, 0.1) is 5.92 Å². The minimum absolute atomic E-state index is 0.0915. The van der Waals surface area contributed by atoms with Crippen LogP contribution in [0.5, 0.6) is 0 Å². The number of nitrogens with zero attached hydrogens (tertiary/aromatic N) is 1. The van der Waals surface area contributed by atoms with Gasteiger partial charge in [-0.25, -0.2) is 0 Å². The summed E-state index contributed by atoms with van der Waals surface area (Å²) in [6.45, 7) is 3.59. The van der Waals surface area contributed by atoms with Crippen molar-refractivity contribution in [1.82, 2.24) is 10.2 Å². The monoisotopic (exact) mass is 256 g/mol. The Labute approximate surface area is 106 Å². The summed E-state index contributed by atoms with van der Waals surface area (Å²) in [4.78, 5) is 24.8. The largest absolute Gasteiger partial charge is 0.353 e. The minimum atomic E-state index is 0.0915. The molecule has 0 radical (unpaired) electrons. The first kappa shape index (κ1) is 12.7. The van der Waals surface area contributed by atoms with E-state index in [1.165, 1.54) is 18.2 Å². The van der Waals surface area contributed by atoms with Gasteiger partial charge in [0.1, 0.15) is 0 Å². The molecule has 2 unspecified atom stereocenters. The lowest BCUT2D eigenvalue weighted by Gasteiger charge is -2.16. The van der Waals surface area contributed by atoms with Crippen molar-refractivity contribution in [2.24, 2.45) is 5.92 Å². The van der Waals surface area contributed by atoms with Crippen molar-refractivity contribution in [1.29, 1.82) is 0 Å². The summed E-state index contributed by atoms with van der Waals surface area (Å²) < 4.78 is 0. The highest BCUT2D eigenvalue weighted by atomic mass is 32.2. The topological polar surface area (TPSA) is 49.4 Å². The van der Waals surface area contributed by atoms with Gasteiger partial charge in [0.2, 0.25) is 5.91 Å².